The summed E-state index contributed by atoms with van der Waals surface area (Å²) in [6.07, 6.45) is -0.861. The molecule has 1 aliphatic carbocycles. The van der Waals surface area contributed by atoms with Crippen LogP contribution in [0.1, 0.15) is 34.3 Å². The van der Waals surface area contributed by atoms with E-state index in [0.29, 0.717) is 34.1 Å². The highest BCUT2D eigenvalue weighted by atomic mass is 16.7. The number of hydrogen-bond acceptors (Lipinski definition) is 8. The van der Waals surface area contributed by atoms with Crippen LogP contribution in [0.5, 0.6) is 23.0 Å². The zero-order valence-corrected chi connectivity index (χ0v) is 16.6. The SMILES string of the molecule is COc1cc(C2c3cc4c(cc3C(O)[C@H]3COC(=O)[C@H]23)OCO4)cc(CO)c1OC. The van der Waals surface area contributed by atoms with Crippen LogP contribution in [0.3, 0.4) is 0 Å². The van der Waals surface area contributed by atoms with E-state index in [9.17, 15) is 15.0 Å². The van der Waals surface area contributed by atoms with Crippen molar-refractivity contribution in [3.63, 3.8) is 0 Å². The zero-order valence-electron chi connectivity index (χ0n) is 16.6. The predicted molar refractivity (Wildman–Crippen MR) is 103 cm³/mol. The molecule has 1 saturated heterocycles. The maximum atomic E-state index is 12.7. The molecule has 1 fully saturated rings. The molecule has 0 amide bonds. The van der Waals surface area contributed by atoms with Gasteiger partial charge < -0.3 is 33.9 Å². The average Bonchev–Trinajstić information content (AvgIpc) is 3.38. The van der Waals surface area contributed by atoms with Crippen molar-refractivity contribution in [1.29, 1.82) is 0 Å². The Labute approximate surface area is 172 Å². The first kappa shape index (κ1) is 19.0. The van der Waals surface area contributed by atoms with Gasteiger partial charge in [0.15, 0.2) is 23.0 Å². The van der Waals surface area contributed by atoms with E-state index in [1.807, 2.05) is 6.07 Å². The first-order valence-electron chi connectivity index (χ1n) is 9.71. The number of ether oxygens (including phenoxy) is 5. The number of aliphatic hydroxyl groups is 2. The van der Waals surface area contributed by atoms with Crippen LogP contribution in [0.2, 0.25) is 0 Å². The highest BCUT2D eigenvalue weighted by Gasteiger charge is 2.52. The van der Waals surface area contributed by atoms with E-state index in [0.717, 1.165) is 11.1 Å². The van der Waals surface area contributed by atoms with Crippen LogP contribution in [0.25, 0.3) is 0 Å². The summed E-state index contributed by atoms with van der Waals surface area (Å²) < 4.78 is 27.3. The molecule has 2 heterocycles. The summed E-state index contributed by atoms with van der Waals surface area (Å²) in [5.41, 5.74) is 2.76. The number of fused-ring (bicyclic) bond motifs is 3. The predicted octanol–water partition coefficient (Wildman–Crippen LogP) is 1.89. The molecule has 4 atom stereocenters. The molecule has 30 heavy (non-hydrogen) atoms. The zero-order chi connectivity index (χ0) is 21.0. The Morgan fingerprint density at radius 3 is 2.43 bits per heavy atom. The lowest BCUT2D eigenvalue weighted by molar-refractivity contribution is -0.141. The summed E-state index contributed by atoms with van der Waals surface area (Å²) in [4.78, 5) is 12.7. The van der Waals surface area contributed by atoms with Crippen molar-refractivity contribution in [2.45, 2.75) is 18.6 Å². The van der Waals surface area contributed by atoms with E-state index >= 15 is 0 Å². The van der Waals surface area contributed by atoms with Crippen LogP contribution in [0.4, 0.5) is 0 Å². The van der Waals surface area contributed by atoms with Gasteiger partial charge in [-0.05, 0) is 41.0 Å². The number of benzene rings is 2. The van der Waals surface area contributed by atoms with Gasteiger partial charge in [-0.15, -0.1) is 0 Å². The Morgan fingerprint density at radius 1 is 1.03 bits per heavy atom. The molecule has 2 aromatic carbocycles. The average molecular weight is 414 g/mol. The quantitative estimate of drug-likeness (QED) is 0.731. The van der Waals surface area contributed by atoms with E-state index in [1.165, 1.54) is 14.2 Å². The fourth-order valence-electron chi connectivity index (χ4n) is 4.90. The fourth-order valence-corrected chi connectivity index (χ4v) is 4.90. The lowest BCUT2D eigenvalue weighted by Gasteiger charge is -2.37. The molecule has 2 aliphatic heterocycles. The van der Waals surface area contributed by atoms with Crippen molar-refractivity contribution >= 4 is 5.97 Å². The molecule has 8 nitrogen and oxygen atoms in total. The largest absolute Gasteiger partial charge is 0.493 e. The van der Waals surface area contributed by atoms with Gasteiger partial charge in [0, 0.05) is 17.4 Å². The van der Waals surface area contributed by atoms with Gasteiger partial charge in [-0.2, -0.15) is 0 Å². The molecule has 2 aromatic rings. The van der Waals surface area contributed by atoms with Crippen LogP contribution in [-0.2, 0) is 16.1 Å². The van der Waals surface area contributed by atoms with Crippen molar-refractivity contribution in [1.82, 2.24) is 0 Å². The van der Waals surface area contributed by atoms with Crippen LogP contribution in [0, 0.1) is 11.8 Å². The van der Waals surface area contributed by atoms with Gasteiger partial charge in [0.2, 0.25) is 6.79 Å². The third-order valence-corrected chi connectivity index (χ3v) is 6.26. The summed E-state index contributed by atoms with van der Waals surface area (Å²) in [5.74, 6) is 0.304. The Bertz CT molecular complexity index is 991. The monoisotopic (exact) mass is 414 g/mol. The Kier molecular flexibility index (Phi) is 4.48. The third kappa shape index (κ3) is 2.64. The van der Waals surface area contributed by atoms with Gasteiger partial charge in [-0.25, -0.2) is 0 Å². The molecule has 2 N–H and O–H groups in total. The molecule has 0 aromatic heterocycles. The number of esters is 1. The smallest absolute Gasteiger partial charge is 0.310 e. The molecular weight excluding hydrogens is 392 g/mol. The molecular formula is C22H22O8. The topological polar surface area (TPSA) is 104 Å². The minimum atomic E-state index is -0.861. The van der Waals surface area contributed by atoms with Gasteiger partial charge in [-0.3, -0.25) is 4.79 Å². The van der Waals surface area contributed by atoms with Gasteiger partial charge >= 0.3 is 5.97 Å². The first-order chi connectivity index (χ1) is 14.6. The third-order valence-electron chi connectivity index (χ3n) is 6.26. The second-order valence-corrected chi connectivity index (χ2v) is 7.65. The van der Waals surface area contributed by atoms with E-state index in [-0.39, 0.29) is 31.9 Å². The minimum Gasteiger partial charge on any atom is -0.493 e. The van der Waals surface area contributed by atoms with Crippen molar-refractivity contribution in [3.05, 3.63) is 46.5 Å². The highest BCUT2D eigenvalue weighted by molar-refractivity contribution is 5.78. The molecule has 2 unspecified atom stereocenters. The van der Waals surface area contributed by atoms with E-state index in [4.69, 9.17) is 23.7 Å². The van der Waals surface area contributed by atoms with Crippen molar-refractivity contribution in [2.75, 3.05) is 27.6 Å². The Balaban J connectivity index is 1.74. The molecule has 3 aliphatic rings. The molecule has 158 valence electrons. The standard InChI is InChI=1S/C22H22O8/c1-26-17-4-10(3-11(7-23)21(17)27-2)18-12-5-15-16(30-9-29-15)6-13(12)20(24)14-8-28-22(25)19(14)18/h3-6,14,18-20,23-24H,7-9H2,1-2H3/t14-,18?,19-,20?/m0/s1. The van der Waals surface area contributed by atoms with Crippen molar-refractivity contribution < 1.29 is 38.7 Å². The van der Waals surface area contributed by atoms with Gasteiger partial charge in [-0.1, -0.05) is 0 Å². The maximum Gasteiger partial charge on any atom is 0.310 e. The second kappa shape index (κ2) is 7.07. The normalized spacial score (nSPS) is 26.1. The second-order valence-electron chi connectivity index (χ2n) is 7.65. The van der Waals surface area contributed by atoms with Gasteiger partial charge in [0.25, 0.3) is 0 Å². The summed E-state index contributed by atoms with van der Waals surface area (Å²) in [6, 6.07) is 7.21. The van der Waals surface area contributed by atoms with E-state index in [1.54, 1.807) is 18.2 Å². The number of carbonyl (C=O) groups excluding carboxylic acids is 1. The van der Waals surface area contributed by atoms with Gasteiger partial charge in [0.05, 0.1) is 39.5 Å². The van der Waals surface area contributed by atoms with Crippen molar-refractivity contribution in [3.8, 4) is 23.0 Å². The number of cyclic esters (lactones) is 1. The lowest BCUT2D eigenvalue weighted by Crippen LogP contribution is -2.34. The van der Waals surface area contributed by atoms with Crippen LogP contribution < -0.4 is 18.9 Å². The fraction of sp³-hybridized carbons (Fsp3) is 0.409. The maximum absolute atomic E-state index is 12.7. The molecule has 0 saturated carbocycles. The minimum absolute atomic E-state index is 0.110. The molecule has 0 bridgehead atoms. The van der Waals surface area contributed by atoms with Crippen LogP contribution in [-0.4, -0.2) is 43.8 Å². The lowest BCUT2D eigenvalue weighted by atomic mass is 9.66. The highest BCUT2D eigenvalue weighted by Crippen LogP contribution is 2.54. The molecule has 8 heteroatoms. The number of hydrogen-bond donors (Lipinski definition) is 2. The summed E-state index contributed by atoms with van der Waals surface area (Å²) in [7, 11) is 3.03. The number of carbonyl (C=O) groups is 1. The van der Waals surface area contributed by atoms with Crippen LogP contribution >= 0.6 is 0 Å². The summed E-state index contributed by atoms with van der Waals surface area (Å²) >= 11 is 0. The molecule has 0 spiro atoms. The number of methoxy groups -OCH3 is 2. The number of rotatable bonds is 4. The van der Waals surface area contributed by atoms with Gasteiger partial charge in [0.1, 0.15) is 0 Å². The van der Waals surface area contributed by atoms with Crippen molar-refractivity contribution in [2.24, 2.45) is 11.8 Å². The molecule has 5 rings (SSSR count). The van der Waals surface area contributed by atoms with Crippen LogP contribution in [0.15, 0.2) is 24.3 Å². The summed E-state index contributed by atoms with van der Waals surface area (Å²) in [6.45, 7) is 0.00333. The molecule has 0 radical (unpaired) electrons. The Hall–Kier alpha value is -2.97. The van der Waals surface area contributed by atoms with E-state index in [2.05, 4.69) is 0 Å². The first-order valence-corrected chi connectivity index (χ1v) is 9.71. The van der Waals surface area contributed by atoms with E-state index < -0.39 is 17.9 Å². The summed E-state index contributed by atoms with van der Waals surface area (Å²) in [5, 5.41) is 20.9. The Morgan fingerprint density at radius 2 is 1.77 bits per heavy atom. The number of aliphatic hydroxyl groups excluding tert-OH is 2.